The first-order valence-corrected chi connectivity index (χ1v) is 18.6. The zero-order valence-electron chi connectivity index (χ0n) is 30.0. The summed E-state index contributed by atoms with van der Waals surface area (Å²) in [6.45, 7) is 13.2. The van der Waals surface area contributed by atoms with Crippen LogP contribution in [0.2, 0.25) is 0 Å². The first kappa shape index (κ1) is 34.1. The Labute approximate surface area is 313 Å². The number of carbonyl (C=O) groups excluding carboxylic acids is 2. The number of fused-ring (bicyclic) bond motifs is 6. The molecule has 0 saturated heterocycles. The molecule has 2 aliphatic heterocycles. The van der Waals surface area contributed by atoms with Crippen molar-refractivity contribution in [1.29, 1.82) is 0 Å². The van der Waals surface area contributed by atoms with Gasteiger partial charge in [0.15, 0.2) is 11.6 Å². The standard InChI is InChI=1S/C39H34N10O2S2/c1-20-22(3)52-38-33(20)35(41-18-30-46-44-24(5)48(30)38)26-9-11-28(12-10-26)37(51)40-17-7-8-32(50)43-29-15-13-27(14-16-29)36-34-21(2)23(4)53-39(34)49-25(6)45-47-31(49)19-42-36/h9-16H,17-19H2,1-6H3,(H,40,51)(H,43,50). The molecule has 0 spiro atoms. The lowest BCUT2D eigenvalue weighted by Gasteiger charge is -2.10. The minimum atomic E-state index is -0.474. The van der Waals surface area contributed by atoms with Gasteiger partial charge in [-0.1, -0.05) is 30.2 Å². The molecule has 0 bridgehead atoms. The second-order valence-corrected chi connectivity index (χ2v) is 15.3. The molecule has 2 aliphatic rings. The van der Waals surface area contributed by atoms with E-state index in [-0.39, 0.29) is 12.5 Å². The summed E-state index contributed by atoms with van der Waals surface area (Å²) in [6.07, 6.45) is 0. The molecule has 0 atom stereocenters. The first-order valence-electron chi connectivity index (χ1n) is 17.0. The van der Waals surface area contributed by atoms with Crippen molar-refractivity contribution in [2.45, 2.75) is 54.6 Å². The van der Waals surface area contributed by atoms with Gasteiger partial charge in [-0.25, -0.2) is 0 Å². The molecule has 12 nitrogen and oxygen atoms in total. The van der Waals surface area contributed by atoms with Gasteiger partial charge in [0.2, 0.25) is 0 Å². The number of amides is 2. The number of hydrogen-bond acceptors (Lipinski definition) is 10. The van der Waals surface area contributed by atoms with E-state index in [4.69, 9.17) is 9.98 Å². The van der Waals surface area contributed by atoms with Crippen LogP contribution in [0.1, 0.15) is 76.8 Å². The molecular weight excluding hydrogens is 705 g/mol. The number of thiophene rings is 2. The molecule has 8 rings (SSSR count). The normalized spacial score (nSPS) is 12.9. The maximum Gasteiger partial charge on any atom is 0.300 e. The predicted octanol–water partition coefficient (Wildman–Crippen LogP) is 5.90. The SMILES string of the molecule is Cc1sc2c(c1C)C(c1ccc(NC(=O)C#CCNC(=O)c3ccc(C4=NCc5nnc(C)n5-c5sc(C)c(C)c54)cc3)cc1)=NCc1nnc(C)n1-2. The largest absolute Gasteiger partial charge is 0.341 e. The third-order valence-corrected chi connectivity index (χ3v) is 11.9. The van der Waals surface area contributed by atoms with Crippen molar-refractivity contribution < 1.29 is 9.59 Å². The minimum Gasteiger partial charge on any atom is -0.341 e. The number of carbonyl (C=O) groups is 2. The average Bonchev–Trinajstić information content (AvgIpc) is 3.81. The van der Waals surface area contributed by atoms with E-state index < -0.39 is 5.91 Å². The van der Waals surface area contributed by atoms with Gasteiger partial charge < -0.3 is 10.6 Å². The number of rotatable bonds is 5. The van der Waals surface area contributed by atoms with Gasteiger partial charge in [0.25, 0.3) is 11.8 Å². The molecule has 2 N–H and O–H groups in total. The van der Waals surface area contributed by atoms with E-state index in [1.165, 1.54) is 20.9 Å². The molecule has 2 aromatic carbocycles. The van der Waals surface area contributed by atoms with E-state index in [9.17, 15) is 9.59 Å². The van der Waals surface area contributed by atoms with Crippen LogP contribution >= 0.6 is 22.7 Å². The van der Waals surface area contributed by atoms with Gasteiger partial charge in [-0.15, -0.1) is 43.1 Å². The Morgan fingerprint density at radius 1 is 0.698 bits per heavy atom. The molecule has 6 heterocycles. The van der Waals surface area contributed by atoms with Crippen LogP contribution in [0.3, 0.4) is 0 Å². The number of aromatic nitrogens is 6. The van der Waals surface area contributed by atoms with Crippen molar-refractivity contribution in [3.63, 3.8) is 0 Å². The predicted molar refractivity (Wildman–Crippen MR) is 207 cm³/mol. The molecular formula is C39H34N10O2S2. The van der Waals surface area contributed by atoms with Crippen molar-refractivity contribution in [3.8, 4) is 21.8 Å². The van der Waals surface area contributed by atoms with Crippen LogP contribution in [0, 0.1) is 53.4 Å². The second kappa shape index (κ2) is 13.5. The Morgan fingerprint density at radius 3 is 1.70 bits per heavy atom. The molecule has 0 radical (unpaired) electrons. The van der Waals surface area contributed by atoms with E-state index in [1.54, 1.807) is 34.8 Å². The van der Waals surface area contributed by atoms with Crippen molar-refractivity contribution >= 4 is 51.6 Å². The van der Waals surface area contributed by atoms with Crippen LogP contribution in [0.4, 0.5) is 5.69 Å². The highest BCUT2D eigenvalue weighted by molar-refractivity contribution is 7.15. The summed E-state index contributed by atoms with van der Waals surface area (Å²) in [7, 11) is 0. The van der Waals surface area contributed by atoms with Gasteiger partial charge in [0.05, 0.1) is 18.0 Å². The molecule has 4 aromatic heterocycles. The molecule has 14 heteroatoms. The molecule has 0 fully saturated rings. The Kier molecular flexibility index (Phi) is 8.68. The fourth-order valence-corrected chi connectivity index (χ4v) is 9.02. The maximum absolute atomic E-state index is 12.9. The third-order valence-electron chi connectivity index (χ3n) is 9.53. The van der Waals surface area contributed by atoms with Gasteiger partial charge in [-0.3, -0.25) is 28.7 Å². The summed E-state index contributed by atoms with van der Waals surface area (Å²) in [5.41, 5.74) is 9.17. The number of aliphatic imine (C=N–C) groups is 2. The lowest BCUT2D eigenvalue weighted by Crippen LogP contribution is -2.24. The van der Waals surface area contributed by atoms with Crippen molar-refractivity contribution in [3.05, 3.63) is 121 Å². The highest BCUT2D eigenvalue weighted by Gasteiger charge is 2.28. The summed E-state index contributed by atoms with van der Waals surface area (Å²) in [5.74, 6) is 7.82. The zero-order valence-corrected chi connectivity index (χ0v) is 31.6. The summed E-state index contributed by atoms with van der Waals surface area (Å²) < 4.78 is 4.18. The number of hydrogen-bond donors (Lipinski definition) is 2. The van der Waals surface area contributed by atoms with Gasteiger partial charge in [0.1, 0.15) is 34.7 Å². The van der Waals surface area contributed by atoms with Gasteiger partial charge in [-0.05, 0) is 82.9 Å². The highest BCUT2D eigenvalue weighted by Crippen LogP contribution is 2.37. The van der Waals surface area contributed by atoms with Crippen molar-refractivity contribution in [2.24, 2.45) is 9.98 Å². The van der Waals surface area contributed by atoms with Crippen LogP contribution in [0.25, 0.3) is 10.0 Å². The molecule has 6 aromatic rings. The van der Waals surface area contributed by atoms with Gasteiger partial charge in [0, 0.05) is 43.3 Å². The fraction of sp³-hybridized carbons (Fsp3) is 0.231. The zero-order chi connectivity index (χ0) is 37.0. The molecule has 264 valence electrons. The molecule has 2 amide bonds. The smallest absolute Gasteiger partial charge is 0.300 e. The monoisotopic (exact) mass is 738 g/mol. The fourth-order valence-electron chi connectivity index (χ4n) is 6.57. The van der Waals surface area contributed by atoms with E-state index >= 15 is 0 Å². The van der Waals surface area contributed by atoms with E-state index in [0.29, 0.717) is 24.3 Å². The van der Waals surface area contributed by atoms with Crippen molar-refractivity contribution in [1.82, 2.24) is 34.8 Å². The summed E-state index contributed by atoms with van der Waals surface area (Å²) >= 11 is 3.42. The Balaban J connectivity index is 0.895. The lowest BCUT2D eigenvalue weighted by molar-refractivity contribution is -0.111. The van der Waals surface area contributed by atoms with E-state index in [1.807, 2.05) is 50.2 Å². The Hall–Kier alpha value is -6.04. The minimum absolute atomic E-state index is 0.0172. The summed E-state index contributed by atoms with van der Waals surface area (Å²) in [4.78, 5) is 37.9. The van der Waals surface area contributed by atoms with Crippen LogP contribution in [-0.2, 0) is 17.9 Å². The van der Waals surface area contributed by atoms with E-state index in [0.717, 1.165) is 67.0 Å². The van der Waals surface area contributed by atoms with Crippen LogP contribution in [-0.4, -0.2) is 59.3 Å². The summed E-state index contributed by atoms with van der Waals surface area (Å²) in [5, 5.41) is 24.9. The molecule has 53 heavy (non-hydrogen) atoms. The quantitative estimate of drug-likeness (QED) is 0.211. The van der Waals surface area contributed by atoms with E-state index in [2.05, 4.69) is 79.7 Å². The molecule has 0 aliphatic carbocycles. The topological polar surface area (TPSA) is 144 Å². The van der Waals surface area contributed by atoms with Crippen LogP contribution < -0.4 is 10.6 Å². The first-order chi connectivity index (χ1) is 25.6. The summed E-state index contributed by atoms with van der Waals surface area (Å²) in [6, 6.07) is 14.9. The van der Waals surface area contributed by atoms with Crippen LogP contribution in [0.5, 0.6) is 0 Å². The number of anilines is 1. The van der Waals surface area contributed by atoms with Gasteiger partial charge in [-0.2, -0.15) is 0 Å². The van der Waals surface area contributed by atoms with Crippen molar-refractivity contribution in [2.75, 3.05) is 11.9 Å². The number of nitrogens with one attached hydrogen (secondary N) is 2. The Bertz CT molecular complexity index is 2590. The Morgan fingerprint density at radius 2 is 1.19 bits per heavy atom. The lowest BCUT2D eigenvalue weighted by atomic mass is 9.99. The molecule has 0 saturated carbocycles. The number of benzene rings is 2. The third kappa shape index (κ3) is 6.07. The highest BCUT2D eigenvalue weighted by atomic mass is 32.1. The number of aryl methyl sites for hydroxylation is 4. The number of nitrogens with zero attached hydrogens (tertiary/aromatic N) is 8. The second-order valence-electron chi connectivity index (χ2n) is 12.8. The van der Waals surface area contributed by atoms with Crippen LogP contribution in [0.15, 0.2) is 58.5 Å². The maximum atomic E-state index is 12.9. The molecule has 0 unspecified atom stereocenters. The average molecular weight is 739 g/mol. The van der Waals surface area contributed by atoms with Gasteiger partial charge >= 0.3 is 0 Å².